The van der Waals surface area contributed by atoms with E-state index in [1.54, 1.807) is 12.1 Å². The summed E-state index contributed by atoms with van der Waals surface area (Å²) < 4.78 is 19.6. The normalized spacial score (nSPS) is 12.9. The summed E-state index contributed by atoms with van der Waals surface area (Å²) in [7, 11) is 0. The summed E-state index contributed by atoms with van der Waals surface area (Å²) in [6.45, 7) is -0.0978. The van der Waals surface area contributed by atoms with Gasteiger partial charge in [0.2, 0.25) is 0 Å². The van der Waals surface area contributed by atoms with Crippen LogP contribution in [0.1, 0.15) is 10.4 Å². The monoisotopic (exact) mass is 364 g/mol. The summed E-state index contributed by atoms with van der Waals surface area (Å²) in [6.07, 6.45) is 0. The van der Waals surface area contributed by atoms with E-state index in [2.05, 4.69) is 26.6 Å². The standard InChI is InChI=1S/C15H10BrFN2O3/c16-9-2-4-11(10(17)6-9)19-15(21)8-1-3-12-13(5-8)22-7-14(20)18-12/h1-6H,7H2,(H,18,20)(H,19,21). The number of ether oxygens (including phenoxy) is 1. The fourth-order valence-electron chi connectivity index (χ4n) is 2.00. The Morgan fingerprint density at radius 2 is 2.09 bits per heavy atom. The summed E-state index contributed by atoms with van der Waals surface area (Å²) in [4.78, 5) is 23.4. The molecule has 0 saturated heterocycles. The Labute approximate surface area is 133 Å². The van der Waals surface area contributed by atoms with Crippen LogP contribution < -0.4 is 15.4 Å². The van der Waals surface area contributed by atoms with Crippen molar-refractivity contribution in [3.63, 3.8) is 0 Å². The van der Waals surface area contributed by atoms with Crippen LogP contribution in [0.5, 0.6) is 5.75 Å². The van der Waals surface area contributed by atoms with Crippen molar-refractivity contribution < 1.29 is 18.7 Å². The van der Waals surface area contributed by atoms with Gasteiger partial charge in [0.05, 0.1) is 11.4 Å². The van der Waals surface area contributed by atoms with Crippen LogP contribution in [-0.2, 0) is 4.79 Å². The molecule has 0 aromatic heterocycles. The largest absolute Gasteiger partial charge is 0.482 e. The van der Waals surface area contributed by atoms with Crippen LogP contribution in [0, 0.1) is 5.82 Å². The van der Waals surface area contributed by atoms with Crippen LogP contribution >= 0.6 is 15.9 Å². The van der Waals surface area contributed by atoms with Crippen LogP contribution in [0.2, 0.25) is 0 Å². The van der Waals surface area contributed by atoms with Gasteiger partial charge in [0.1, 0.15) is 11.6 Å². The van der Waals surface area contributed by atoms with Crippen molar-refractivity contribution >= 4 is 39.1 Å². The Morgan fingerprint density at radius 1 is 1.27 bits per heavy atom. The summed E-state index contributed by atoms with van der Waals surface area (Å²) in [6, 6.07) is 8.96. The molecule has 7 heteroatoms. The summed E-state index contributed by atoms with van der Waals surface area (Å²) in [5.74, 6) is -0.848. The second-order valence-electron chi connectivity index (χ2n) is 4.63. The smallest absolute Gasteiger partial charge is 0.262 e. The molecule has 2 amide bonds. The molecule has 1 heterocycles. The molecule has 1 aliphatic heterocycles. The zero-order valence-corrected chi connectivity index (χ0v) is 12.7. The van der Waals surface area contributed by atoms with E-state index in [1.165, 1.54) is 24.3 Å². The number of anilines is 2. The number of carbonyl (C=O) groups excluding carboxylic acids is 2. The average Bonchev–Trinajstić information content (AvgIpc) is 2.49. The highest BCUT2D eigenvalue weighted by atomic mass is 79.9. The van der Waals surface area contributed by atoms with E-state index in [-0.39, 0.29) is 18.2 Å². The van der Waals surface area contributed by atoms with E-state index in [0.717, 1.165) is 0 Å². The lowest BCUT2D eigenvalue weighted by atomic mass is 10.1. The zero-order chi connectivity index (χ0) is 15.7. The molecular formula is C15H10BrFN2O3. The summed E-state index contributed by atoms with van der Waals surface area (Å²) in [5.41, 5.74) is 0.889. The first-order valence-electron chi connectivity index (χ1n) is 6.36. The van der Waals surface area contributed by atoms with Crippen molar-refractivity contribution in [2.75, 3.05) is 17.2 Å². The molecule has 2 N–H and O–H groups in total. The molecule has 22 heavy (non-hydrogen) atoms. The Hall–Kier alpha value is -2.41. The molecule has 0 bridgehead atoms. The molecule has 0 atom stereocenters. The van der Waals surface area contributed by atoms with Crippen molar-refractivity contribution in [1.29, 1.82) is 0 Å². The lowest BCUT2D eigenvalue weighted by Crippen LogP contribution is -2.25. The van der Waals surface area contributed by atoms with Gasteiger partial charge in [0.15, 0.2) is 6.61 Å². The molecule has 2 aromatic carbocycles. The van der Waals surface area contributed by atoms with Crippen LogP contribution in [0.15, 0.2) is 40.9 Å². The van der Waals surface area contributed by atoms with Gasteiger partial charge in [-0.3, -0.25) is 9.59 Å². The summed E-state index contributed by atoms with van der Waals surface area (Å²) >= 11 is 3.15. The zero-order valence-electron chi connectivity index (χ0n) is 11.2. The van der Waals surface area contributed by atoms with Crippen LogP contribution in [0.25, 0.3) is 0 Å². The summed E-state index contributed by atoms with van der Waals surface area (Å²) in [5, 5.41) is 5.12. The quantitative estimate of drug-likeness (QED) is 0.859. The first-order valence-corrected chi connectivity index (χ1v) is 7.15. The number of hydrogen-bond donors (Lipinski definition) is 2. The molecular weight excluding hydrogens is 355 g/mol. The Kier molecular flexibility index (Phi) is 3.81. The molecule has 2 aromatic rings. The van der Waals surface area contributed by atoms with Crippen LogP contribution in [-0.4, -0.2) is 18.4 Å². The average molecular weight is 365 g/mol. The highest BCUT2D eigenvalue weighted by Gasteiger charge is 2.18. The van der Waals surface area contributed by atoms with Crippen molar-refractivity contribution in [3.8, 4) is 5.75 Å². The molecule has 3 rings (SSSR count). The maximum Gasteiger partial charge on any atom is 0.262 e. The van der Waals surface area contributed by atoms with E-state index in [4.69, 9.17) is 4.74 Å². The molecule has 1 aliphatic rings. The fraction of sp³-hybridized carbons (Fsp3) is 0.0667. The van der Waals surface area contributed by atoms with E-state index in [9.17, 15) is 14.0 Å². The number of amides is 2. The van der Waals surface area contributed by atoms with Gasteiger partial charge < -0.3 is 15.4 Å². The van der Waals surface area contributed by atoms with Gasteiger partial charge in [-0.25, -0.2) is 4.39 Å². The van der Waals surface area contributed by atoms with Crippen LogP contribution in [0.4, 0.5) is 15.8 Å². The van der Waals surface area contributed by atoms with E-state index < -0.39 is 11.7 Å². The highest BCUT2D eigenvalue weighted by molar-refractivity contribution is 9.10. The molecule has 112 valence electrons. The van der Waals surface area contributed by atoms with Gasteiger partial charge in [0.25, 0.3) is 11.8 Å². The van der Waals surface area contributed by atoms with Gasteiger partial charge in [-0.05, 0) is 36.4 Å². The minimum Gasteiger partial charge on any atom is -0.482 e. The molecule has 5 nitrogen and oxygen atoms in total. The van der Waals surface area contributed by atoms with E-state index in [1.807, 2.05) is 0 Å². The second kappa shape index (κ2) is 5.76. The number of nitrogens with one attached hydrogen (secondary N) is 2. The fourth-order valence-corrected chi connectivity index (χ4v) is 2.33. The van der Waals surface area contributed by atoms with Gasteiger partial charge >= 0.3 is 0 Å². The lowest BCUT2D eigenvalue weighted by molar-refractivity contribution is -0.118. The van der Waals surface area contributed by atoms with Gasteiger partial charge in [-0.1, -0.05) is 15.9 Å². The Bertz CT molecular complexity index is 779. The van der Waals surface area contributed by atoms with Gasteiger partial charge in [-0.2, -0.15) is 0 Å². The van der Waals surface area contributed by atoms with Gasteiger partial charge in [-0.15, -0.1) is 0 Å². The molecule has 0 radical (unpaired) electrons. The third kappa shape index (κ3) is 2.94. The predicted octanol–water partition coefficient (Wildman–Crippen LogP) is 3.17. The predicted molar refractivity (Wildman–Crippen MR) is 82.6 cm³/mol. The maximum absolute atomic E-state index is 13.7. The maximum atomic E-state index is 13.7. The number of benzene rings is 2. The lowest BCUT2D eigenvalue weighted by Gasteiger charge is -2.18. The van der Waals surface area contributed by atoms with Crippen LogP contribution in [0.3, 0.4) is 0 Å². The topological polar surface area (TPSA) is 67.4 Å². The number of carbonyl (C=O) groups is 2. The molecule has 0 aliphatic carbocycles. The molecule has 0 spiro atoms. The number of rotatable bonds is 2. The minimum atomic E-state index is -0.538. The minimum absolute atomic E-state index is 0.0835. The first-order chi connectivity index (χ1) is 10.5. The number of halogens is 2. The first kappa shape index (κ1) is 14.5. The van der Waals surface area contributed by atoms with E-state index >= 15 is 0 Å². The highest BCUT2D eigenvalue weighted by Crippen LogP contribution is 2.29. The van der Waals surface area contributed by atoms with Crippen molar-refractivity contribution in [2.24, 2.45) is 0 Å². The Morgan fingerprint density at radius 3 is 2.86 bits per heavy atom. The molecule has 0 fully saturated rings. The number of fused-ring (bicyclic) bond motifs is 1. The number of hydrogen-bond acceptors (Lipinski definition) is 3. The Balaban J connectivity index is 1.82. The SMILES string of the molecule is O=C1COc2cc(C(=O)Nc3ccc(Br)cc3F)ccc2N1. The third-order valence-electron chi connectivity index (χ3n) is 3.06. The van der Waals surface area contributed by atoms with Gasteiger partial charge in [0, 0.05) is 10.0 Å². The second-order valence-corrected chi connectivity index (χ2v) is 5.54. The van der Waals surface area contributed by atoms with Crippen molar-refractivity contribution in [3.05, 3.63) is 52.3 Å². The van der Waals surface area contributed by atoms with Crippen molar-refractivity contribution in [2.45, 2.75) is 0 Å². The van der Waals surface area contributed by atoms with Crippen molar-refractivity contribution in [1.82, 2.24) is 0 Å². The van der Waals surface area contributed by atoms with E-state index in [0.29, 0.717) is 21.5 Å². The third-order valence-corrected chi connectivity index (χ3v) is 3.55. The molecule has 0 saturated carbocycles. The molecule has 0 unspecified atom stereocenters.